The third kappa shape index (κ3) is 19.4. The first kappa shape index (κ1) is 32.8. The second-order valence-corrected chi connectivity index (χ2v) is 25.4. The molecule has 0 radical (unpaired) electrons. The van der Waals surface area contributed by atoms with Crippen LogP contribution in [0.15, 0.2) is 0 Å². The van der Waals surface area contributed by atoms with Crippen molar-refractivity contribution in [1.29, 1.82) is 0 Å². The molecule has 3 N–H and O–H groups in total. The van der Waals surface area contributed by atoms with Crippen LogP contribution in [-0.4, -0.2) is 47.0 Å². The Labute approximate surface area is 191 Å². The first-order valence-corrected chi connectivity index (χ1v) is 27.2. The molecule has 162 valence electrons. The lowest BCUT2D eigenvalue weighted by atomic mass is 10.2. The highest BCUT2D eigenvalue weighted by atomic mass is 128. The molecule has 0 aliphatic heterocycles. The van der Waals surface area contributed by atoms with Gasteiger partial charge in [0, 0.05) is 43.9 Å². The molecule has 0 rings (SSSR count). The van der Waals surface area contributed by atoms with E-state index in [1.54, 1.807) is 0 Å². The summed E-state index contributed by atoms with van der Waals surface area (Å²) < 4.78 is 19.7. The molecule has 5 nitrogen and oxygen atoms in total. The van der Waals surface area contributed by atoms with Gasteiger partial charge in [-0.15, -0.1) is 0 Å². The summed E-state index contributed by atoms with van der Waals surface area (Å²) in [6.07, 6.45) is 0. The molecule has 0 aliphatic rings. The van der Waals surface area contributed by atoms with Crippen molar-refractivity contribution in [2.75, 3.05) is 13.2 Å². The molecule has 0 fully saturated rings. The van der Waals surface area contributed by atoms with E-state index >= 15 is 0 Å². The molecule has 0 spiro atoms. The molecule has 0 bridgehead atoms. The molecule has 0 aromatic heterocycles. The van der Waals surface area contributed by atoms with E-state index in [0.717, 1.165) is 12.6 Å². The molecule has 26 heavy (non-hydrogen) atoms. The van der Waals surface area contributed by atoms with Gasteiger partial charge < -0.3 is 23.4 Å². The Kier molecular flexibility index (Phi) is 17.9. The fourth-order valence-electron chi connectivity index (χ4n) is 3.06. The molecule has 0 saturated carbocycles. The quantitative estimate of drug-likeness (QED) is 0.160. The normalized spacial score (nSPS) is 16.0. The van der Waals surface area contributed by atoms with Crippen molar-refractivity contribution in [3.05, 3.63) is 0 Å². The lowest BCUT2D eigenvalue weighted by Gasteiger charge is -2.42. The summed E-state index contributed by atoms with van der Waals surface area (Å²) in [5.41, 5.74) is 5.55. The van der Waals surface area contributed by atoms with E-state index in [1.165, 1.54) is 0 Å². The van der Waals surface area contributed by atoms with E-state index in [-0.39, 0.29) is 7.43 Å². The van der Waals surface area contributed by atoms with Gasteiger partial charge in [0.25, 0.3) is 0 Å². The van der Waals surface area contributed by atoms with Crippen LogP contribution in [-0.2, 0) is 12.3 Å². The second-order valence-electron chi connectivity index (χ2n) is 9.03. The minimum Gasteiger partial charge on any atom is -0.437 e. The van der Waals surface area contributed by atoms with Crippen molar-refractivity contribution in [1.82, 2.24) is 5.32 Å². The highest BCUT2D eigenvalue weighted by Crippen LogP contribution is 2.29. The van der Waals surface area contributed by atoms with Crippen LogP contribution in [0.25, 0.3) is 0 Å². The summed E-state index contributed by atoms with van der Waals surface area (Å²) in [5.74, 6) is 0.475. The van der Waals surface area contributed by atoms with Gasteiger partial charge in [-0.2, -0.15) is 0 Å². The average Bonchev–Trinajstić information content (AvgIpc) is 2.31. The van der Waals surface area contributed by atoms with Crippen molar-refractivity contribution in [3.63, 3.8) is 0 Å². The van der Waals surface area contributed by atoms with Gasteiger partial charge in [0.2, 0.25) is 0 Å². The van der Waals surface area contributed by atoms with Gasteiger partial charge in [-0.05, 0) is 77.4 Å². The van der Waals surface area contributed by atoms with Gasteiger partial charge in [-0.25, -0.2) is 0 Å². The minimum absolute atomic E-state index is 0. The SMILES string of the molecule is C.CC(CNCN)C[Si](C)(O[Si](C)(C)C)O[Si](C)(C)O[Si](C)(C)C.II. The van der Waals surface area contributed by atoms with Crippen molar-refractivity contribution < 1.29 is 12.3 Å². The molecular formula is C15H44I2N2O3Si4. The molecule has 0 aliphatic carbocycles. The standard InChI is InChI=1S/C14H40N2O3Si4.CH4.I2/c1-14(11-16-13-15)12-23(10,18-21(5,6)7)19-22(8,9)17-20(2,3)4;;1-2/h14,16H,11-13,15H2,1-10H3;1H4;. The largest absolute Gasteiger partial charge is 0.437 e. The maximum atomic E-state index is 6.67. The van der Waals surface area contributed by atoms with Crippen LogP contribution in [0.4, 0.5) is 0 Å². The van der Waals surface area contributed by atoms with E-state index in [2.05, 4.69) is 108 Å². The Hall–Kier alpha value is 2.13. The molecule has 0 aromatic carbocycles. The summed E-state index contributed by atoms with van der Waals surface area (Å²) in [6, 6.07) is 0.968. The van der Waals surface area contributed by atoms with Crippen molar-refractivity contribution in [2.24, 2.45) is 11.7 Å². The van der Waals surface area contributed by atoms with Crippen LogP contribution >= 0.6 is 37.2 Å². The summed E-state index contributed by atoms with van der Waals surface area (Å²) in [7, 11) is -7.80. The molecule has 0 saturated heterocycles. The van der Waals surface area contributed by atoms with Crippen molar-refractivity contribution in [3.8, 4) is 0 Å². The lowest BCUT2D eigenvalue weighted by Crippen LogP contribution is -2.57. The number of halogens is 2. The van der Waals surface area contributed by atoms with Gasteiger partial charge in [0.05, 0.1) is 0 Å². The van der Waals surface area contributed by atoms with Crippen LogP contribution in [0.2, 0.25) is 65.0 Å². The fourth-order valence-corrected chi connectivity index (χ4v) is 21.5. The zero-order valence-electron chi connectivity index (χ0n) is 17.8. The molecule has 0 heterocycles. The van der Waals surface area contributed by atoms with Crippen LogP contribution in [0.5, 0.6) is 0 Å². The van der Waals surface area contributed by atoms with Gasteiger partial charge in [0.15, 0.2) is 16.6 Å². The number of nitrogens with one attached hydrogen (secondary N) is 1. The number of hydrogen-bond donors (Lipinski definition) is 2. The van der Waals surface area contributed by atoms with E-state index in [9.17, 15) is 0 Å². The average molecular weight is 667 g/mol. The topological polar surface area (TPSA) is 65.7 Å². The van der Waals surface area contributed by atoms with E-state index in [4.69, 9.17) is 18.1 Å². The van der Waals surface area contributed by atoms with Crippen LogP contribution in [0.1, 0.15) is 14.4 Å². The highest BCUT2D eigenvalue weighted by molar-refractivity contribution is 15.0. The van der Waals surface area contributed by atoms with E-state index < -0.39 is 33.8 Å². The summed E-state index contributed by atoms with van der Waals surface area (Å²) in [4.78, 5) is 0. The van der Waals surface area contributed by atoms with Gasteiger partial charge in [-0.1, -0.05) is 14.4 Å². The summed E-state index contributed by atoms with van der Waals surface area (Å²) in [6.45, 7) is 23.5. The van der Waals surface area contributed by atoms with Crippen molar-refractivity contribution >= 4 is 71.0 Å². The predicted molar refractivity (Wildman–Crippen MR) is 145 cm³/mol. The molecular weight excluding hydrogens is 622 g/mol. The third-order valence-electron chi connectivity index (χ3n) is 2.89. The Morgan fingerprint density at radius 2 is 1.27 bits per heavy atom. The predicted octanol–water partition coefficient (Wildman–Crippen LogP) is 6.03. The number of nitrogens with two attached hydrogens (primary N) is 1. The molecule has 2 unspecified atom stereocenters. The number of hydrogen-bond acceptors (Lipinski definition) is 5. The fraction of sp³-hybridized carbons (Fsp3) is 1.00. The highest BCUT2D eigenvalue weighted by Gasteiger charge is 2.45. The maximum absolute atomic E-state index is 6.67. The second kappa shape index (κ2) is 14.2. The minimum atomic E-state index is -2.29. The van der Waals surface area contributed by atoms with E-state index in [0.29, 0.717) is 12.6 Å². The summed E-state index contributed by atoms with van der Waals surface area (Å²) >= 11 is 4.24. The zero-order valence-corrected chi connectivity index (χ0v) is 26.1. The zero-order chi connectivity index (χ0) is 20.5. The van der Waals surface area contributed by atoms with Crippen molar-refractivity contribution in [2.45, 2.75) is 79.3 Å². The van der Waals surface area contributed by atoms with Crippen LogP contribution < -0.4 is 11.1 Å². The Morgan fingerprint density at radius 3 is 1.62 bits per heavy atom. The Morgan fingerprint density at radius 1 is 0.846 bits per heavy atom. The molecule has 0 aromatic rings. The van der Waals surface area contributed by atoms with Gasteiger partial charge in [-0.3, -0.25) is 0 Å². The summed E-state index contributed by atoms with van der Waals surface area (Å²) in [5, 5.41) is 3.22. The van der Waals surface area contributed by atoms with E-state index in [1.807, 2.05) is 0 Å². The Bertz CT molecular complexity index is 370. The van der Waals surface area contributed by atoms with Gasteiger partial charge >= 0.3 is 17.1 Å². The lowest BCUT2D eigenvalue weighted by molar-refractivity contribution is 0.315. The number of rotatable bonds is 11. The third-order valence-corrected chi connectivity index (χ3v) is 16.6. The van der Waals surface area contributed by atoms with Gasteiger partial charge in [0.1, 0.15) is 0 Å². The maximum Gasteiger partial charge on any atom is 0.316 e. The first-order chi connectivity index (χ1) is 11.1. The molecule has 2 atom stereocenters. The molecule has 11 heteroatoms. The Balaban J connectivity index is -0.00000170. The smallest absolute Gasteiger partial charge is 0.316 e. The van der Waals surface area contributed by atoms with Crippen LogP contribution in [0.3, 0.4) is 0 Å². The monoisotopic (exact) mass is 666 g/mol. The van der Waals surface area contributed by atoms with Crippen LogP contribution in [0, 0.1) is 5.92 Å². The first-order valence-electron chi connectivity index (χ1n) is 8.73. The molecule has 0 amide bonds.